The predicted octanol–water partition coefficient (Wildman–Crippen LogP) is 4.16. The van der Waals surface area contributed by atoms with Gasteiger partial charge >= 0.3 is 0 Å². The lowest BCUT2D eigenvalue weighted by atomic mass is 10.1. The Bertz CT molecular complexity index is 564. The molecule has 5 heteroatoms. The second-order valence-electron chi connectivity index (χ2n) is 5.23. The van der Waals surface area contributed by atoms with Gasteiger partial charge in [0.15, 0.2) is 0 Å². The van der Waals surface area contributed by atoms with E-state index in [-0.39, 0.29) is 12.4 Å². The molecular weight excluding hydrogens is 311 g/mol. The quantitative estimate of drug-likeness (QED) is 0.908. The Labute approximate surface area is 135 Å². The monoisotopic (exact) mass is 330 g/mol. The Morgan fingerprint density at radius 1 is 1.30 bits per heavy atom. The van der Waals surface area contributed by atoms with Crippen molar-refractivity contribution >= 4 is 45.4 Å². The Kier molecular flexibility index (Phi) is 5.70. The number of nitrogens with zero attached hydrogens (tertiary/aromatic N) is 1. The number of halogens is 2. The number of hydrogen-bond donors (Lipinski definition) is 1. The van der Waals surface area contributed by atoms with Crippen molar-refractivity contribution in [1.29, 1.82) is 0 Å². The van der Waals surface area contributed by atoms with E-state index in [1.54, 1.807) is 0 Å². The predicted molar refractivity (Wildman–Crippen MR) is 91.4 cm³/mol. The number of benzene rings is 1. The molecule has 0 aliphatic carbocycles. The van der Waals surface area contributed by atoms with Crippen molar-refractivity contribution in [3.8, 4) is 0 Å². The van der Waals surface area contributed by atoms with Crippen LogP contribution >= 0.6 is 35.3 Å². The highest BCUT2D eigenvalue weighted by Crippen LogP contribution is 2.36. The molecule has 0 atom stereocenters. The average molecular weight is 331 g/mol. The number of fused-ring (bicyclic) bond motifs is 1. The van der Waals surface area contributed by atoms with Gasteiger partial charge in [0.1, 0.15) is 0 Å². The van der Waals surface area contributed by atoms with E-state index in [4.69, 9.17) is 11.6 Å². The molecule has 1 N–H and O–H groups in total. The summed E-state index contributed by atoms with van der Waals surface area (Å²) in [4.78, 5) is 3.75. The van der Waals surface area contributed by atoms with Gasteiger partial charge in [-0.1, -0.05) is 29.8 Å². The average Bonchev–Trinajstić information content (AvgIpc) is 2.77. The summed E-state index contributed by atoms with van der Waals surface area (Å²) in [5.41, 5.74) is 0. The maximum absolute atomic E-state index is 6.51. The lowest BCUT2D eigenvalue weighted by Crippen LogP contribution is -2.40. The van der Waals surface area contributed by atoms with Crippen LogP contribution in [0.2, 0.25) is 5.02 Å². The first-order chi connectivity index (χ1) is 9.25. The molecular formula is C15H20Cl2N2S. The molecule has 1 fully saturated rings. The summed E-state index contributed by atoms with van der Waals surface area (Å²) < 4.78 is 1.29. The van der Waals surface area contributed by atoms with Gasteiger partial charge in [0.25, 0.3) is 0 Å². The summed E-state index contributed by atoms with van der Waals surface area (Å²) in [6.07, 6.45) is 2.47. The molecule has 1 aliphatic rings. The summed E-state index contributed by atoms with van der Waals surface area (Å²) in [6.45, 7) is 3.23. The van der Waals surface area contributed by atoms with Crippen LogP contribution in [0.5, 0.6) is 0 Å². The van der Waals surface area contributed by atoms with Crippen molar-refractivity contribution in [3.05, 3.63) is 34.2 Å². The second-order valence-corrected chi connectivity index (χ2v) is 6.75. The van der Waals surface area contributed by atoms with E-state index in [0.29, 0.717) is 6.04 Å². The van der Waals surface area contributed by atoms with Gasteiger partial charge in [-0.25, -0.2) is 0 Å². The zero-order valence-electron chi connectivity index (χ0n) is 11.6. The minimum Gasteiger partial charge on any atom is -0.317 e. The third-order valence-electron chi connectivity index (χ3n) is 3.93. The molecule has 1 aliphatic heterocycles. The van der Waals surface area contributed by atoms with Gasteiger partial charge in [-0.15, -0.1) is 23.7 Å². The lowest BCUT2D eigenvalue weighted by Gasteiger charge is -2.31. The van der Waals surface area contributed by atoms with Crippen molar-refractivity contribution in [3.63, 3.8) is 0 Å². The Morgan fingerprint density at radius 3 is 2.70 bits per heavy atom. The smallest absolute Gasteiger partial charge is 0.0637 e. The van der Waals surface area contributed by atoms with E-state index < -0.39 is 0 Å². The van der Waals surface area contributed by atoms with Gasteiger partial charge in [-0.2, -0.15) is 0 Å². The van der Waals surface area contributed by atoms with Crippen molar-refractivity contribution < 1.29 is 0 Å². The third kappa shape index (κ3) is 3.29. The molecule has 0 bridgehead atoms. The normalized spacial score (nSPS) is 16.6. The fourth-order valence-corrected chi connectivity index (χ4v) is 4.33. The Balaban J connectivity index is 0.00000147. The summed E-state index contributed by atoms with van der Waals surface area (Å²) >= 11 is 8.34. The third-order valence-corrected chi connectivity index (χ3v) is 5.63. The second kappa shape index (κ2) is 7.10. The van der Waals surface area contributed by atoms with Crippen LogP contribution in [-0.4, -0.2) is 31.1 Å². The summed E-state index contributed by atoms with van der Waals surface area (Å²) in [7, 11) is 2.22. The van der Waals surface area contributed by atoms with Crippen LogP contribution < -0.4 is 5.32 Å². The van der Waals surface area contributed by atoms with Crippen molar-refractivity contribution in [2.45, 2.75) is 25.4 Å². The topological polar surface area (TPSA) is 15.3 Å². The molecule has 3 rings (SSSR count). The summed E-state index contributed by atoms with van der Waals surface area (Å²) in [5.74, 6) is 0. The molecule has 20 heavy (non-hydrogen) atoms. The van der Waals surface area contributed by atoms with Gasteiger partial charge < -0.3 is 5.32 Å². The van der Waals surface area contributed by atoms with Crippen molar-refractivity contribution in [1.82, 2.24) is 10.2 Å². The van der Waals surface area contributed by atoms with Crippen LogP contribution in [0.1, 0.15) is 17.7 Å². The first kappa shape index (κ1) is 16.1. The summed E-state index contributed by atoms with van der Waals surface area (Å²) in [6, 6.07) is 9.08. The van der Waals surface area contributed by atoms with Crippen LogP contribution in [0, 0.1) is 0 Å². The van der Waals surface area contributed by atoms with Crippen LogP contribution in [0.15, 0.2) is 24.3 Å². The van der Waals surface area contributed by atoms with E-state index in [1.807, 2.05) is 11.3 Å². The highest BCUT2D eigenvalue weighted by Gasteiger charge is 2.19. The molecule has 0 spiro atoms. The lowest BCUT2D eigenvalue weighted by molar-refractivity contribution is 0.193. The van der Waals surface area contributed by atoms with Crippen LogP contribution in [0.25, 0.3) is 10.1 Å². The van der Waals surface area contributed by atoms with Crippen LogP contribution in [0.3, 0.4) is 0 Å². The summed E-state index contributed by atoms with van der Waals surface area (Å²) in [5, 5.41) is 5.56. The first-order valence-electron chi connectivity index (χ1n) is 6.82. The van der Waals surface area contributed by atoms with Gasteiger partial charge in [0.05, 0.1) is 5.02 Å². The molecule has 0 saturated carbocycles. The van der Waals surface area contributed by atoms with Gasteiger partial charge in [-0.3, -0.25) is 4.90 Å². The van der Waals surface area contributed by atoms with Crippen molar-refractivity contribution in [2.24, 2.45) is 0 Å². The number of thiophene rings is 1. The zero-order valence-corrected chi connectivity index (χ0v) is 14.0. The Hall–Kier alpha value is -0.320. The SMILES string of the molecule is CN(Cc1sc2ccccc2c1Cl)C1CCNCC1.Cl. The van der Waals surface area contributed by atoms with E-state index in [1.165, 1.54) is 27.8 Å². The maximum Gasteiger partial charge on any atom is 0.0637 e. The fraction of sp³-hybridized carbons (Fsp3) is 0.467. The van der Waals surface area contributed by atoms with E-state index in [9.17, 15) is 0 Å². The largest absolute Gasteiger partial charge is 0.317 e. The molecule has 0 radical (unpaired) electrons. The molecule has 1 saturated heterocycles. The molecule has 0 amide bonds. The minimum atomic E-state index is 0. The number of hydrogen-bond acceptors (Lipinski definition) is 3. The van der Waals surface area contributed by atoms with Crippen LogP contribution in [-0.2, 0) is 6.54 Å². The van der Waals surface area contributed by atoms with Gasteiger partial charge in [0.2, 0.25) is 0 Å². The van der Waals surface area contributed by atoms with Crippen LogP contribution in [0.4, 0.5) is 0 Å². The molecule has 2 aromatic rings. The van der Waals surface area contributed by atoms with Crippen molar-refractivity contribution in [2.75, 3.05) is 20.1 Å². The molecule has 110 valence electrons. The van der Waals surface area contributed by atoms with E-state index in [0.717, 1.165) is 24.7 Å². The van der Waals surface area contributed by atoms with E-state index in [2.05, 4.69) is 41.5 Å². The van der Waals surface area contributed by atoms with Gasteiger partial charge in [0, 0.05) is 27.5 Å². The minimum absolute atomic E-state index is 0. The fourth-order valence-electron chi connectivity index (χ4n) is 2.77. The number of piperidine rings is 1. The molecule has 2 nitrogen and oxygen atoms in total. The zero-order chi connectivity index (χ0) is 13.2. The maximum atomic E-state index is 6.51. The number of nitrogens with one attached hydrogen (secondary N) is 1. The molecule has 2 heterocycles. The molecule has 1 aromatic carbocycles. The highest BCUT2D eigenvalue weighted by atomic mass is 35.5. The molecule has 1 aromatic heterocycles. The highest BCUT2D eigenvalue weighted by molar-refractivity contribution is 7.19. The van der Waals surface area contributed by atoms with E-state index >= 15 is 0 Å². The number of rotatable bonds is 3. The van der Waals surface area contributed by atoms with Gasteiger partial charge in [-0.05, 0) is 39.0 Å². The standard InChI is InChI=1S/C15H19ClN2S.ClH/c1-18(11-6-8-17-9-7-11)10-14-15(16)12-4-2-3-5-13(12)19-14;/h2-5,11,17H,6-10H2,1H3;1H. The Morgan fingerprint density at radius 2 is 2.00 bits per heavy atom. The first-order valence-corrected chi connectivity index (χ1v) is 8.02. The molecule has 0 unspecified atom stereocenters.